The monoisotopic (exact) mass is 477 g/mol. The molecule has 10 heteroatoms. The van der Waals surface area contributed by atoms with Crippen molar-refractivity contribution < 1.29 is 18.3 Å². The van der Waals surface area contributed by atoms with Crippen molar-refractivity contribution in [1.82, 2.24) is 20.1 Å². The summed E-state index contributed by atoms with van der Waals surface area (Å²) in [5.74, 6) is -0.0455. The molecule has 0 bridgehead atoms. The molecule has 1 amide bonds. The number of ether oxygens (including phenoxy) is 1. The number of alkyl halides is 2. The minimum atomic E-state index is -3.19. The lowest BCUT2D eigenvalue weighted by Gasteiger charge is -2.50. The van der Waals surface area contributed by atoms with Gasteiger partial charge in [-0.25, -0.2) is 4.68 Å². The van der Waals surface area contributed by atoms with Gasteiger partial charge in [0.2, 0.25) is 11.7 Å². The fraction of sp³-hybridized carbons (Fsp3) is 0.583. The number of nitrogens with one attached hydrogen (secondary N) is 2. The van der Waals surface area contributed by atoms with E-state index in [-0.39, 0.29) is 29.6 Å². The van der Waals surface area contributed by atoms with Crippen LogP contribution in [0.25, 0.3) is 0 Å². The van der Waals surface area contributed by atoms with Gasteiger partial charge in [0, 0.05) is 25.0 Å². The molecule has 1 aliphatic rings. The lowest BCUT2D eigenvalue weighted by Crippen LogP contribution is -2.48. The molecule has 2 aromatic rings. The molecule has 1 fully saturated rings. The van der Waals surface area contributed by atoms with Crippen LogP contribution in [0.2, 0.25) is 0 Å². The molecular formula is C24H33F2N5O3. The highest BCUT2D eigenvalue weighted by Gasteiger charge is 2.43. The van der Waals surface area contributed by atoms with Gasteiger partial charge in [-0.2, -0.15) is 13.9 Å². The molecule has 4 atom stereocenters. The summed E-state index contributed by atoms with van der Waals surface area (Å²) in [5.41, 5.74) is 0.174. The van der Waals surface area contributed by atoms with Crippen LogP contribution >= 0.6 is 0 Å². The maximum Gasteiger partial charge on any atom is 0.387 e. The first-order chi connectivity index (χ1) is 16.0. The number of hydrogen-bond acceptors (Lipinski definition) is 6. The van der Waals surface area contributed by atoms with Crippen LogP contribution in [-0.4, -0.2) is 33.3 Å². The molecule has 2 heterocycles. The van der Waals surface area contributed by atoms with Gasteiger partial charge in [-0.15, -0.1) is 0 Å². The lowest BCUT2D eigenvalue weighted by molar-refractivity contribution is -0.122. The summed E-state index contributed by atoms with van der Waals surface area (Å²) in [4.78, 5) is 29.1. The number of amides is 1. The van der Waals surface area contributed by atoms with Crippen molar-refractivity contribution in [3.8, 4) is 5.75 Å². The lowest BCUT2D eigenvalue weighted by atomic mass is 9.58. The Kier molecular flexibility index (Phi) is 7.89. The third-order valence-corrected chi connectivity index (χ3v) is 7.55. The van der Waals surface area contributed by atoms with Crippen LogP contribution in [0.3, 0.4) is 0 Å². The average molecular weight is 478 g/mol. The van der Waals surface area contributed by atoms with E-state index in [1.165, 1.54) is 6.20 Å². The minimum Gasteiger partial charge on any atom is -0.427 e. The Labute approximate surface area is 198 Å². The molecular weight excluding hydrogens is 444 g/mol. The van der Waals surface area contributed by atoms with Crippen molar-refractivity contribution in [1.29, 1.82) is 0 Å². The summed E-state index contributed by atoms with van der Waals surface area (Å²) in [7, 11) is 0. The molecule has 0 radical (unpaired) electrons. The zero-order valence-electron chi connectivity index (χ0n) is 20.2. The Morgan fingerprint density at radius 2 is 1.94 bits per heavy atom. The molecule has 186 valence electrons. The van der Waals surface area contributed by atoms with Crippen LogP contribution in [-0.2, 0) is 17.9 Å². The van der Waals surface area contributed by atoms with Gasteiger partial charge in [0.15, 0.2) is 0 Å². The SMILES string of the molecule is C[C@@H]1[C@@H](C)C(C)(C)[C@@H](C)C[C@H]1Nc1cnn(CC(=O)NCc2ccncc2)c(=O)c1OC(F)F. The normalized spacial score (nSPS) is 24.0. The van der Waals surface area contributed by atoms with E-state index in [2.05, 4.69) is 60.1 Å². The molecule has 1 aliphatic carbocycles. The Bertz CT molecular complexity index is 1040. The van der Waals surface area contributed by atoms with Crippen molar-refractivity contribution in [3.63, 3.8) is 0 Å². The number of nitrogens with zero attached hydrogens (tertiary/aromatic N) is 3. The van der Waals surface area contributed by atoms with E-state index in [0.29, 0.717) is 11.8 Å². The number of carbonyl (C=O) groups excluding carboxylic acids is 1. The highest BCUT2D eigenvalue weighted by molar-refractivity contribution is 5.75. The average Bonchev–Trinajstić information content (AvgIpc) is 2.79. The van der Waals surface area contributed by atoms with Gasteiger partial charge < -0.3 is 15.4 Å². The van der Waals surface area contributed by atoms with E-state index in [9.17, 15) is 18.4 Å². The second-order valence-electron chi connectivity index (χ2n) is 9.72. The van der Waals surface area contributed by atoms with Gasteiger partial charge in [0.1, 0.15) is 12.2 Å². The van der Waals surface area contributed by atoms with E-state index in [1.54, 1.807) is 24.5 Å². The Morgan fingerprint density at radius 3 is 2.59 bits per heavy atom. The predicted molar refractivity (Wildman–Crippen MR) is 125 cm³/mol. The number of halogens is 2. The van der Waals surface area contributed by atoms with Gasteiger partial charge in [0.05, 0.1) is 6.20 Å². The van der Waals surface area contributed by atoms with Crippen LogP contribution < -0.4 is 20.9 Å². The molecule has 0 aromatic carbocycles. The zero-order chi connectivity index (χ0) is 25.0. The summed E-state index contributed by atoms with van der Waals surface area (Å²) in [6.07, 6.45) is 5.29. The molecule has 2 aromatic heterocycles. The first-order valence-corrected chi connectivity index (χ1v) is 11.5. The second kappa shape index (κ2) is 10.5. The fourth-order valence-electron chi connectivity index (χ4n) is 4.55. The predicted octanol–water partition coefficient (Wildman–Crippen LogP) is 3.67. The van der Waals surface area contributed by atoms with Gasteiger partial charge in [-0.05, 0) is 47.3 Å². The van der Waals surface area contributed by atoms with Gasteiger partial charge >= 0.3 is 12.2 Å². The van der Waals surface area contributed by atoms with E-state index in [4.69, 9.17) is 0 Å². The largest absolute Gasteiger partial charge is 0.427 e. The third-order valence-electron chi connectivity index (χ3n) is 7.55. The molecule has 0 spiro atoms. The van der Waals surface area contributed by atoms with Gasteiger partial charge in [-0.1, -0.05) is 34.6 Å². The Balaban J connectivity index is 1.78. The van der Waals surface area contributed by atoms with Crippen molar-refractivity contribution in [3.05, 3.63) is 46.6 Å². The molecule has 0 unspecified atom stereocenters. The first kappa shape index (κ1) is 25.6. The third kappa shape index (κ3) is 5.71. The quantitative estimate of drug-likeness (QED) is 0.602. The van der Waals surface area contributed by atoms with Crippen LogP contribution in [0, 0.1) is 23.2 Å². The smallest absolute Gasteiger partial charge is 0.387 e. The van der Waals surface area contributed by atoms with Crippen molar-refractivity contribution in [2.24, 2.45) is 23.2 Å². The number of carbonyl (C=O) groups is 1. The van der Waals surface area contributed by atoms with Crippen molar-refractivity contribution in [2.45, 2.75) is 66.8 Å². The standard InChI is InChI=1S/C24H33F2N5O3/c1-14-10-18(15(2)16(3)24(14,4)5)30-19-12-29-31(22(33)21(19)34-23(25)26)13-20(32)28-11-17-6-8-27-9-7-17/h6-9,12,14-16,18,23,30H,10-11,13H2,1-5H3,(H,28,32)/t14-,15+,16+,18+/m0/s1. The first-order valence-electron chi connectivity index (χ1n) is 11.5. The van der Waals surface area contributed by atoms with Gasteiger partial charge in [-0.3, -0.25) is 14.6 Å². The number of anilines is 1. The molecule has 8 nitrogen and oxygen atoms in total. The molecule has 0 saturated heterocycles. The Morgan fingerprint density at radius 1 is 1.26 bits per heavy atom. The Hall–Kier alpha value is -3.04. The van der Waals surface area contributed by atoms with Crippen LogP contribution in [0.15, 0.2) is 35.5 Å². The number of aromatic nitrogens is 3. The summed E-state index contributed by atoms with van der Waals surface area (Å²) in [6.45, 7) is 7.58. The topological polar surface area (TPSA) is 98.1 Å². The van der Waals surface area contributed by atoms with E-state index in [1.807, 2.05) is 0 Å². The summed E-state index contributed by atoms with van der Waals surface area (Å²) >= 11 is 0. The number of rotatable bonds is 8. The maximum atomic E-state index is 13.2. The highest BCUT2D eigenvalue weighted by Crippen LogP contribution is 2.48. The maximum absolute atomic E-state index is 13.2. The summed E-state index contributed by atoms with van der Waals surface area (Å²) < 4.78 is 31.7. The van der Waals surface area contributed by atoms with Crippen molar-refractivity contribution in [2.75, 3.05) is 5.32 Å². The zero-order valence-corrected chi connectivity index (χ0v) is 20.2. The molecule has 2 N–H and O–H groups in total. The van der Waals surface area contributed by atoms with E-state index in [0.717, 1.165) is 16.7 Å². The fourth-order valence-corrected chi connectivity index (χ4v) is 4.55. The molecule has 0 aliphatic heterocycles. The van der Waals surface area contributed by atoms with Crippen molar-refractivity contribution >= 4 is 11.6 Å². The van der Waals surface area contributed by atoms with Gasteiger partial charge in [0.25, 0.3) is 0 Å². The van der Waals surface area contributed by atoms with Crippen LogP contribution in [0.5, 0.6) is 5.75 Å². The van der Waals surface area contributed by atoms with E-state index >= 15 is 0 Å². The number of hydrogen-bond donors (Lipinski definition) is 2. The second-order valence-corrected chi connectivity index (χ2v) is 9.72. The molecule has 1 saturated carbocycles. The minimum absolute atomic E-state index is 0.0428. The summed E-state index contributed by atoms with van der Waals surface area (Å²) in [5, 5.41) is 9.94. The molecule has 3 rings (SSSR count). The van der Waals surface area contributed by atoms with E-state index < -0.39 is 30.4 Å². The van der Waals surface area contributed by atoms with Crippen LogP contribution in [0.1, 0.15) is 46.6 Å². The van der Waals surface area contributed by atoms with Crippen LogP contribution in [0.4, 0.5) is 14.5 Å². The summed E-state index contributed by atoms with van der Waals surface area (Å²) in [6, 6.07) is 3.45. The molecule has 34 heavy (non-hydrogen) atoms. The highest BCUT2D eigenvalue weighted by atomic mass is 19.3. The number of pyridine rings is 1.